The largest absolute Gasteiger partial charge is 0.335 e. The molecule has 2 unspecified atom stereocenters. The van der Waals surface area contributed by atoms with Crippen molar-refractivity contribution >= 4 is 17.6 Å². The number of benzene rings is 1. The van der Waals surface area contributed by atoms with E-state index in [1.807, 2.05) is 54.3 Å². The molecule has 2 aromatic rings. The first kappa shape index (κ1) is 22.9. The minimum atomic E-state index is -0.0604. The Morgan fingerprint density at radius 3 is 2.41 bits per heavy atom. The van der Waals surface area contributed by atoms with Crippen molar-refractivity contribution in [2.45, 2.75) is 70.3 Å². The number of aromatic nitrogens is 1. The molecular formula is C28H36N4O2. The van der Waals surface area contributed by atoms with Gasteiger partial charge >= 0.3 is 6.03 Å². The van der Waals surface area contributed by atoms with E-state index in [9.17, 15) is 9.59 Å². The molecule has 2 atom stereocenters. The van der Waals surface area contributed by atoms with Gasteiger partial charge in [0.15, 0.2) is 0 Å². The molecule has 0 spiro atoms. The molecule has 3 amide bonds. The number of pyridine rings is 1. The molecule has 3 fully saturated rings. The van der Waals surface area contributed by atoms with Gasteiger partial charge in [0.05, 0.1) is 11.3 Å². The summed E-state index contributed by atoms with van der Waals surface area (Å²) in [5.74, 6) is 1.04. The van der Waals surface area contributed by atoms with Crippen molar-refractivity contribution in [3.05, 3.63) is 59.4 Å². The van der Waals surface area contributed by atoms with E-state index < -0.39 is 0 Å². The highest BCUT2D eigenvalue weighted by Crippen LogP contribution is 2.37. The number of amides is 3. The molecule has 2 saturated heterocycles. The van der Waals surface area contributed by atoms with Gasteiger partial charge in [-0.3, -0.25) is 9.78 Å². The van der Waals surface area contributed by atoms with Gasteiger partial charge in [0, 0.05) is 43.0 Å². The Morgan fingerprint density at radius 1 is 0.882 bits per heavy atom. The number of fused-ring (bicyclic) bond motifs is 1. The van der Waals surface area contributed by atoms with E-state index in [0.717, 1.165) is 54.9 Å². The number of nitrogens with one attached hydrogen (secondary N) is 1. The average Bonchev–Trinajstić information content (AvgIpc) is 2.88. The lowest BCUT2D eigenvalue weighted by atomic mass is 9.78. The molecule has 0 radical (unpaired) electrons. The molecule has 0 bridgehead atoms. The maximum absolute atomic E-state index is 13.8. The molecule has 1 aliphatic carbocycles. The fraction of sp³-hybridized carbons (Fsp3) is 0.536. The predicted octanol–water partition coefficient (Wildman–Crippen LogP) is 5.60. The van der Waals surface area contributed by atoms with E-state index in [-0.39, 0.29) is 17.9 Å². The molecule has 1 aromatic carbocycles. The van der Waals surface area contributed by atoms with Gasteiger partial charge in [0.25, 0.3) is 5.91 Å². The van der Waals surface area contributed by atoms with Crippen LogP contribution in [0.1, 0.15) is 79.0 Å². The summed E-state index contributed by atoms with van der Waals surface area (Å²) in [4.78, 5) is 35.5. The van der Waals surface area contributed by atoms with Crippen LogP contribution < -0.4 is 5.32 Å². The molecule has 6 heteroatoms. The van der Waals surface area contributed by atoms with Crippen molar-refractivity contribution in [3.63, 3.8) is 0 Å². The average molecular weight is 461 g/mol. The number of aryl methyl sites for hydroxylation is 1. The van der Waals surface area contributed by atoms with Crippen LogP contribution in [0.25, 0.3) is 0 Å². The number of hydrogen-bond donors (Lipinski definition) is 1. The number of likely N-dealkylation sites (tertiary alicyclic amines) is 2. The second-order valence-electron chi connectivity index (χ2n) is 10.2. The molecule has 180 valence electrons. The molecule has 6 nitrogen and oxygen atoms in total. The van der Waals surface area contributed by atoms with Gasteiger partial charge in [-0.2, -0.15) is 0 Å². The van der Waals surface area contributed by atoms with Gasteiger partial charge in [-0.1, -0.05) is 31.0 Å². The van der Waals surface area contributed by atoms with Crippen LogP contribution in [0.3, 0.4) is 0 Å². The summed E-state index contributed by atoms with van der Waals surface area (Å²) in [7, 11) is 0. The van der Waals surface area contributed by atoms with Crippen LogP contribution >= 0.6 is 0 Å². The third-order valence-corrected chi connectivity index (χ3v) is 7.99. The molecular weight excluding hydrogens is 424 g/mol. The van der Waals surface area contributed by atoms with Crippen LogP contribution in [0.15, 0.2) is 42.5 Å². The minimum Gasteiger partial charge on any atom is -0.335 e. The zero-order chi connectivity index (χ0) is 23.5. The Bertz CT molecular complexity index is 1010. The highest BCUT2D eigenvalue weighted by atomic mass is 16.2. The molecule has 34 heavy (non-hydrogen) atoms. The van der Waals surface area contributed by atoms with E-state index in [0.29, 0.717) is 25.0 Å². The highest BCUT2D eigenvalue weighted by Gasteiger charge is 2.37. The second-order valence-corrected chi connectivity index (χ2v) is 10.2. The number of carbonyl (C=O) groups is 2. The summed E-state index contributed by atoms with van der Waals surface area (Å²) in [6, 6.07) is 13.9. The minimum absolute atomic E-state index is 0.0604. The smallest absolute Gasteiger partial charge is 0.321 e. The first-order valence-corrected chi connectivity index (χ1v) is 13.0. The number of urea groups is 1. The van der Waals surface area contributed by atoms with E-state index in [4.69, 9.17) is 4.98 Å². The van der Waals surface area contributed by atoms with Crippen molar-refractivity contribution in [1.29, 1.82) is 0 Å². The summed E-state index contributed by atoms with van der Waals surface area (Å²) in [5.41, 5.74) is 3.48. The van der Waals surface area contributed by atoms with Crippen molar-refractivity contribution in [2.75, 3.05) is 25.0 Å². The van der Waals surface area contributed by atoms with Gasteiger partial charge in [0.2, 0.25) is 0 Å². The number of nitrogens with zero attached hydrogens (tertiary/aromatic N) is 3. The Kier molecular flexibility index (Phi) is 6.84. The second kappa shape index (κ2) is 10.2. The first-order chi connectivity index (χ1) is 16.6. The normalized spacial score (nSPS) is 23.3. The Balaban J connectivity index is 1.29. The van der Waals surface area contributed by atoms with E-state index in [1.165, 1.54) is 25.7 Å². The lowest BCUT2D eigenvalue weighted by Crippen LogP contribution is -2.50. The highest BCUT2D eigenvalue weighted by molar-refractivity contribution is 5.96. The first-order valence-electron chi connectivity index (χ1n) is 13.0. The molecule has 2 aliphatic heterocycles. The maximum Gasteiger partial charge on any atom is 0.321 e. The Morgan fingerprint density at radius 2 is 1.62 bits per heavy atom. The summed E-state index contributed by atoms with van der Waals surface area (Å²) in [6.45, 7) is 4.20. The molecule has 5 rings (SSSR count). The molecule has 3 heterocycles. The number of piperidine rings is 2. The fourth-order valence-corrected chi connectivity index (χ4v) is 6.18. The van der Waals surface area contributed by atoms with Crippen molar-refractivity contribution in [3.8, 4) is 0 Å². The number of hydrogen-bond acceptors (Lipinski definition) is 3. The van der Waals surface area contributed by atoms with Crippen LogP contribution in [0.5, 0.6) is 0 Å². The third kappa shape index (κ3) is 4.82. The van der Waals surface area contributed by atoms with E-state index >= 15 is 0 Å². The summed E-state index contributed by atoms with van der Waals surface area (Å²) in [5, 5.41) is 2.98. The molecule has 3 aliphatic rings. The monoisotopic (exact) mass is 460 g/mol. The third-order valence-electron chi connectivity index (χ3n) is 7.99. The Hall–Kier alpha value is -2.89. The van der Waals surface area contributed by atoms with Gasteiger partial charge in [-0.05, 0) is 75.6 Å². The van der Waals surface area contributed by atoms with Crippen molar-refractivity contribution < 1.29 is 9.59 Å². The van der Waals surface area contributed by atoms with Crippen LogP contribution in [0, 0.1) is 12.8 Å². The van der Waals surface area contributed by atoms with E-state index in [1.54, 1.807) is 0 Å². The topological polar surface area (TPSA) is 65.5 Å². The summed E-state index contributed by atoms with van der Waals surface area (Å²) < 4.78 is 0. The fourth-order valence-electron chi connectivity index (χ4n) is 6.18. The van der Waals surface area contributed by atoms with Gasteiger partial charge < -0.3 is 15.1 Å². The van der Waals surface area contributed by atoms with Crippen LogP contribution in [-0.4, -0.2) is 52.4 Å². The lowest BCUT2D eigenvalue weighted by Gasteiger charge is -2.44. The number of para-hydroxylation sites is 1. The van der Waals surface area contributed by atoms with Gasteiger partial charge in [0.1, 0.15) is 0 Å². The maximum atomic E-state index is 13.8. The number of rotatable bonds is 3. The van der Waals surface area contributed by atoms with E-state index in [2.05, 4.69) is 10.2 Å². The van der Waals surface area contributed by atoms with Crippen LogP contribution in [0.4, 0.5) is 10.5 Å². The van der Waals surface area contributed by atoms with Crippen molar-refractivity contribution in [1.82, 2.24) is 14.8 Å². The molecule has 1 aromatic heterocycles. The molecule has 1 N–H and O–H groups in total. The number of anilines is 1. The van der Waals surface area contributed by atoms with Crippen molar-refractivity contribution in [2.24, 2.45) is 5.92 Å². The zero-order valence-electron chi connectivity index (χ0n) is 20.2. The SMILES string of the molecule is Cc1ccc(C(=O)N2CCCC3CCCCC32)c(C2CCN(C(=O)Nc3ccccc3)CC2)n1. The molecule has 1 saturated carbocycles. The van der Waals surface area contributed by atoms with Crippen LogP contribution in [-0.2, 0) is 0 Å². The standard InChI is InChI=1S/C28H36N4O2/c1-20-13-14-24(27(33)32-17-7-9-21-8-5-6-12-25(21)32)26(29-20)22-15-18-31(19-16-22)28(34)30-23-10-3-2-4-11-23/h2-4,10-11,13-14,21-22,25H,5-9,12,15-19H2,1H3,(H,30,34). The zero-order valence-corrected chi connectivity index (χ0v) is 20.2. The Labute approximate surface area is 202 Å². The quantitative estimate of drug-likeness (QED) is 0.649. The lowest BCUT2D eigenvalue weighted by molar-refractivity contribution is 0.0388. The summed E-state index contributed by atoms with van der Waals surface area (Å²) in [6.07, 6.45) is 8.95. The van der Waals surface area contributed by atoms with Crippen LogP contribution in [0.2, 0.25) is 0 Å². The van der Waals surface area contributed by atoms with Gasteiger partial charge in [-0.15, -0.1) is 0 Å². The summed E-state index contributed by atoms with van der Waals surface area (Å²) >= 11 is 0. The number of carbonyl (C=O) groups excluding carboxylic acids is 2. The predicted molar refractivity (Wildman–Crippen MR) is 134 cm³/mol. The van der Waals surface area contributed by atoms with Gasteiger partial charge in [-0.25, -0.2) is 4.79 Å².